The molecule has 1 heterocycles. The van der Waals surface area contributed by atoms with Gasteiger partial charge in [-0.2, -0.15) is 0 Å². The summed E-state index contributed by atoms with van der Waals surface area (Å²) >= 11 is 0. The van der Waals surface area contributed by atoms with Gasteiger partial charge in [0.1, 0.15) is 11.2 Å². The van der Waals surface area contributed by atoms with E-state index in [0.29, 0.717) is 5.92 Å². The van der Waals surface area contributed by atoms with E-state index in [2.05, 4.69) is 43.3 Å². The maximum Gasteiger partial charge on any atom is 0.138 e. The second-order valence-electron chi connectivity index (χ2n) is 5.48. The van der Waals surface area contributed by atoms with Gasteiger partial charge in [0.15, 0.2) is 0 Å². The summed E-state index contributed by atoms with van der Waals surface area (Å²) in [6.07, 6.45) is 2.65. The van der Waals surface area contributed by atoms with Gasteiger partial charge in [0.05, 0.1) is 0 Å². The fraction of sp³-hybridized carbons (Fsp3) is 0.294. The largest absolute Gasteiger partial charge is 0.456 e. The highest BCUT2D eigenvalue weighted by atomic mass is 16.3. The van der Waals surface area contributed by atoms with Crippen LogP contribution in [-0.2, 0) is 0 Å². The van der Waals surface area contributed by atoms with Crippen molar-refractivity contribution in [1.82, 2.24) is 0 Å². The Morgan fingerprint density at radius 2 is 1.78 bits per heavy atom. The Hall–Kier alpha value is -1.76. The van der Waals surface area contributed by atoms with Gasteiger partial charge >= 0.3 is 0 Å². The third-order valence-electron chi connectivity index (χ3n) is 4.45. The molecule has 0 spiro atoms. The molecule has 0 aliphatic heterocycles. The van der Waals surface area contributed by atoms with Crippen LogP contribution >= 0.6 is 0 Å². The van der Waals surface area contributed by atoms with Crippen molar-refractivity contribution < 1.29 is 4.42 Å². The Morgan fingerprint density at radius 3 is 2.56 bits per heavy atom. The van der Waals surface area contributed by atoms with Crippen LogP contribution in [0.4, 0.5) is 0 Å². The molecule has 4 rings (SSSR count). The highest BCUT2D eigenvalue weighted by Gasteiger charge is 2.30. The Kier molecular flexibility index (Phi) is 2.05. The van der Waals surface area contributed by atoms with Crippen LogP contribution in [0.3, 0.4) is 0 Å². The summed E-state index contributed by atoms with van der Waals surface area (Å²) in [5, 5.41) is 2.50. The minimum Gasteiger partial charge on any atom is -0.456 e. The first-order valence-corrected chi connectivity index (χ1v) is 6.75. The molecule has 1 aliphatic carbocycles. The van der Waals surface area contributed by atoms with Crippen molar-refractivity contribution in [3.05, 3.63) is 48.0 Å². The monoisotopic (exact) mass is 236 g/mol. The molecule has 2 atom stereocenters. The maximum absolute atomic E-state index is 6.09. The van der Waals surface area contributed by atoms with E-state index in [0.717, 1.165) is 17.1 Å². The number of hydrogen-bond donors (Lipinski definition) is 0. The molecule has 3 aromatic rings. The zero-order valence-corrected chi connectivity index (χ0v) is 10.5. The molecule has 1 heteroatoms. The van der Waals surface area contributed by atoms with E-state index in [9.17, 15) is 0 Å². The number of para-hydroxylation sites is 2. The smallest absolute Gasteiger partial charge is 0.138 e. The summed E-state index contributed by atoms with van der Waals surface area (Å²) in [6.45, 7) is 2.34. The minimum absolute atomic E-state index is 0.689. The Balaban J connectivity index is 2.04. The molecule has 0 N–H and O–H groups in total. The second kappa shape index (κ2) is 3.61. The van der Waals surface area contributed by atoms with Gasteiger partial charge in [0.25, 0.3) is 0 Å². The van der Waals surface area contributed by atoms with Crippen molar-refractivity contribution >= 4 is 21.9 Å². The number of fused-ring (bicyclic) bond motifs is 3. The Morgan fingerprint density at radius 1 is 0.944 bits per heavy atom. The van der Waals surface area contributed by atoms with Gasteiger partial charge in [-0.3, -0.25) is 0 Å². The van der Waals surface area contributed by atoms with E-state index in [-0.39, 0.29) is 0 Å². The highest BCUT2D eigenvalue weighted by Crippen LogP contribution is 2.45. The Labute approximate surface area is 106 Å². The molecule has 90 valence electrons. The lowest BCUT2D eigenvalue weighted by molar-refractivity contribution is 0.280. The fourth-order valence-electron chi connectivity index (χ4n) is 3.19. The zero-order chi connectivity index (χ0) is 12.1. The predicted molar refractivity (Wildman–Crippen MR) is 74.9 cm³/mol. The van der Waals surface area contributed by atoms with Gasteiger partial charge in [-0.1, -0.05) is 43.3 Å². The van der Waals surface area contributed by atoms with Crippen molar-refractivity contribution in [3.8, 4) is 0 Å². The van der Waals surface area contributed by atoms with Crippen molar-refractivity contribution in [3.63, 3.8) is 0 Å². The summed E-state index contributed by atoms with van der Waals surface area (Å²) < 4.78 is 6.09. The lowest BCUT2D eigenvalue weighted by Gasteiger charge is -2.34. The average molecular weight is 236 g/mol. The van der Waals surface area contributed by atoms with E-state index < -0.39 is 0 Å². The first-order chi connectivity index (χ1) is 8.84. The molecule has 0 bridgehead atoms. The van der Waals surface area contributed by atoms with E-state index in [1.165, 1.54) is 29.2 Å². The number of rotatable bonds is 1. The molecule has 1 saturated carbocycles. The third kappa shape index (κ3) is 1.28. The highest BCUT2D eigenvalue weighted by molar-refractivity contribution is 6.05. The predicted octanol–water partition coefficient (Wildman–Crippen LogP) is 5.10. The molecule has 0 saturated heterocycles. The quantitative estimate of drug-likeness (QED) is 0.573. The van der Waals surface area contributed by atoms with Crippen LogP contribution < -0.4 is 0 Å². The van der Waals surface area contributed by atoms with E-state index in [1.54, 1.807) is 0 Å². The maximum atomic E-state index is 6.09. The van der Waals surface area contributed by atoms with Crippen LogP contribution in [0.1, 0.15) is 31.2 Å². The standard InChI is InChI=1S/C17H16O/c1-11-9-10-12(11)14-6-4-7-15-13-5-2-3-8-16(13)18-17(14)15/h2-8,11-12H,9-10H2,1H3/t11-,12+/m0/s1. The summed E-state index contributed by atoms with van der Waals surface area (Å²) in [5.74, 6) is 1.48. The lowest BCUT2D eigenvalue weighted by Crippen LogP contribution is -2.20. The molecule has 0 unspecified atom stereocenters. The number of furan rings is 1. The minimum atomic E-state index is 0.689. The molecule has 18 heavy (non-hydrogen) atoms. The summed E-state index contributed by atoms with van der Waals surface area (Å²) in [5.41, 5.74) is 3.52. The van der Waals surface area contributed by atoms with E-state index in [1.807, 2.05) is 6.07 Å². The molecule has 0 amide bonds. The van der Waals surface area contributed by atoms with Crippen LogP contribution in [0.5, 0.6) is 0 Å². The lowest BCUT2D eigenvalue weighted by atomic mass is 9.71. The van der Waals surface area contributed by atoms with Crippen molar-refractivity contribution in [2.24, 2.45) is 5.92 Å². The third-order valence-corrected chi connectivity index (χ3v) is 4.45. The van der Waals surface area contributed by atoms with Gasteiger partial charge in [-0.05, 0) is 36.3 Å². The fourth-order valence-corrected chi connectivity index (χ4v) is 3.19. The molecule has 1 fully saturated rings. The van der Waals surface area contributed by atoms with Gasteiger partial charge in [-0.25, -0.2) is 0 Å². The first-order valence-electron chi connectivity index (χ1n) is 6.75. The molecule has 2 aromatic carbocycles. The topological polar surface area (TPSA) is 13.1 Å². The van der Waals surface area contributed by atoms with Crippen LogP contribution in [0, 0.1) is 5.92 Å². The second-order valence-corrected chi connectivity index (χ2v) is 5.48. The van der Waals surface area contributed by atoms with E-state index in [4.69, 9.17) is 4.42 Å². The van der Waals surface area contributed by atoms with Gasteiger partial charge in [0.2, 0.25) is 0 Å². The van der Waals surface area contributed by atoms with Gasteiger partial charge in [-0.15, -0.1) is 0 Å². The van der Waals surface area contributed by atoms with Crippen molar-refractivity contribution in [1.29, 1.82) is 0 Å². The summed E-state index contributed by atoms with van der Waals surface area (Å²) in [4.78, 5) is 0. The number of benzene rings is 2. The Bertz CT molecular complexity index is 723. The summed E-state index contributed by atoms with van der Waals surface area (Å²) in [6, 6.07) is 14.9. The van der Waals surface area contributed by atoms with Gasteiger partial charge in [0, 0.05) is 10.8 Å². The number of hydrogen-bond acceptors (Lipinski definition) is 1. The first kappa shape index (κ1) is 10.2. The molecule has 1 aliphatic rings. The molecule has 0 radical (unpaired) electrons. The van der Waals surface area contributed by atoms with Crippen LogP contribution in [0.15, 0.2) is 46.9 Å². The average Bonchev–Trinajstić information content (AvgIpc) is 2.77. The summed E-state index contributed by atoms with van der Waals surface area (Å²) in [7, 11) is 0. The molecule has 1 aromatic heterocycles. The molecular weight excluding hydrogens is 220 g/mol. The molecule has 1 nitrogen and oxygen atoms in total. The normalized spacial score (nSPS) is 23.4. The van der Waals surface area contributed by atoms with Crippen LogP contribution in [0.2, 0.25) is 0 Å². The zero-order valence-electron chi connectivity index (χ0n) is 10.5. The van der Waals surface area contributed by atoms with Crippen LogP contribution in [-0.4, -0.2) is 0 Å². The van der Waals surface area contributed by atoms with E-state index >= 15 is 0 Å². The van der Waals surface area contributed by atoms with Crippen molar-refractivity contribution in [2.45, 2.75) is 25.7 Å². The van der Waals surface area contributed by atoms with Gasteiger partial charge < -0.3 is 4.42 Å². The van der Waals surface area contributed by atoms with Crippen LogP contribution in [0.25, 0.3) is 21.9 Å². The SMILES string of the molecule is C[C@H]1CC[C@H]1c1cccc2c1oc1ccccc12. The van der Waals surface area contributed by atoms with Crippen molar-refractivity contribution in [2.75, 3.05) is 0 Å². The molecular formula is C17H16O.